The number of benzene rings is 2. The van der Waals surface area contributed by atoms with Crippen molar-refractivity contribution in [3.8, 4) is 0 Å². The van der Waals surface area contributed by atoms with Gasteiger partial charge in [-0.1, -0.05) is 91.8 Å². The van der Waals surface area contributed by atoms with Crippen molar-refractivity contribution < 1.29 is 4.58 Å². The highest BCUT2D eigenvalue weighted by molar-refractivity contribution is 5.82. The summed E-state index contributed by atoms with van der Waals surface area (Å²) in [6, 6.07) is 14.0. The van der Waals surface area contributed by atoms with Crippen LogP contribution in [0.15, 0.2) is 36.4 Å². The van der Waals surface area contributed by atoms with Crippen LogP contribution < -0.4 is 4.90 Å². The van der Waals surface area contributed by atoms with Gasteiger partial charge in [-0.15, -0.1) is 0 Å². The van der Waals surface area contributed by atoms with Crippen LogP contribution in [0.5, 0.6) is 0 Å². The average molecular weight is 448 g/mol. The zero-order valence-corrected chi connectivity index (χ0v) is 22.5. The Balaban J connectivity index is 2.19. The molecule has 0 bridgehead atoms. The number of rotatable bonds is 10. The molecule has 1 aliphatic heterocycles. The summed E-state index contributed by atoms with van der Waals surface area (Å²) in [4.78, 5) is 2.55. The van der Waals surface area contributed by atoms with E-state index in [1.54, 1.807) is 11.1 Å². The van der Waals surface area contributed by atoms with Crippen molar-refractivity contribution in [2.24, 2.45) is 0 Å². The molecule has 33 heavy (non-hydrogen) atoms. The maximum Gasteiger partial charge on any atom is 0.244 e. The second-order valence-corrected chi connectivity index (χ2v) is 10.4. The summed E-state index contributed by atoms with van der Waals surface area (Å²) >= 11 is 0. The van der Waals surface area contributed by atoms with Gasteiger partial charge in [0.1, 0.15) is 24.5 Å². The fourth-order valence-corrected chi connectivity index (χ4v) is 5.71. The maximum atomic E-state index is 2.59. The molecular weight excluding hydrogens is 400 g/mol. The zero-order chi connectivity index (χ0) is 24.1. The SMILES string of the molecule is CCC(CC)c1cccc(C(CC)CC)c1[N+]1=CN(c2c(C(C)C)cccc2C(C)C)CC1. The van der Waals surface area contributed by atoms with Gasteiger partial charge in [0.25, 0.3) is 0 Å². The molecule has 0 aromatic heterocycles. The molecule has 0 saturated heterocycles. The van der Waals surface area contributed by atoms with E-state index < -0.39 is 0 Å². The molecule has 3 rings (SSSR count). The maximum absolute atomic E-state index is 2.59. The van der Waals surface area contributed by atoms with Gasteiger partial charge in [-0.2, -0.15) is 0 Å². The molecule has 0 atom stereocenters. The topological polar surface area (TPSA) is 6.25 Å². The van der Waals surface area contributed by atoms with E-state index in [9.17, 15) is 0 Å². The molecule has 0 radical (unpaired) electrons. The smallest absolute Gasteiger partial charge is 0.229 e. The first-order valence-electron chi connectivity index (χ1n) is 13.5. The Bertz CT molecular complexity index is 889. The summed E-state index contributed by atoms with van der Waals surface area (Å²) in [5.74, 6) is 2.26. The molecular formula is C31H47N2+. The van der Waals surface area contributed by atoms with Crippen molar-refractivity contribution in [1.29, 1.82) is 0 Å². The van der Waals surface area contributed by atoms with E-state index in [0.29, 0.717) is 23.7 Å². The lowest BCUT2D eigenvalue weighted by Crippen LogP contribution is -2.22. The van der Waals surface area contributed by atoms with Gasteiger partial charge in [-0.05, 0) is 49.4 Å². The summed E-state index contributed by atoms with van der Waals surface area (Å²) in [5, 5.41) is 0. The molecule has 0 spiro atoms. The Hall–Kier alpha value is -2.09. The van der Waals surface area contributed by atoms with Crippen LogP contribution in [0, 0.1) is 0 Å². The highest BCUT2D eigenvalue weighted by Crippen LogP contribution is 2.41. The molecule has 0 amide bonds. The molecule has 2 aromatic rings. The summed E-state index contributed by atoms with van der Waals surface area (Å²) in [6.45, 7) is 20.8. The van der Waals surface area contributed by atoms with Gasteiger partial charge >= 0.3 is 0 Å². The first-order valence-corrected chi connectivity index (χ1v) is 13.5. The van der Waals surface area contributed by atoms with E-state index in [4.69, 9.17) is 0 Å². The van der Waals surface area contributed by atoms with E-state index in [-0.39, 0.29) is 0 Å². The Morgan fingerprint density at radius 3 is 1.52 bits per heavy atom. The van der Waals surface area contributed by atoms with Crippen molar-refractivity contribution in [2.75, 3.05) is 18.0 Å². The van der Waals surface area contributed by atoms with E-state index in [0.717, 1.165) is 13.1 Å². The van der Waals surface area contributed by atoms with E-state index in [2.05, 4.69) is 108 Å². The average Bonchev–Trinajstić information content (AvgIpc) is 3.29. The van der Waals surface area contributed by atoms with Crippen LogP contribution in [0.4, 0.5) is 11.4 Å². The third-order valence-electron chi connectivity index (χ3n) is 7.73. The van der Waals surface area contributed by atoms with Crippen LogP contribution in [0.3, 0.4) is 0 Å². The molecule has 0 unspecified atom stereocenters. The fourth-order valence-electron chi connectivity index (χ4n) is 5.71. The minimum atomic E-state index is 0.512. The van der Waals surface area contributed by atoms with Gasteiger partial charge < -0.3 is 0 Å². The normalized spacial score (nSPS) is 14.3. The standard InChI is InChI=1S/C31H47N2/c1-9-24(10-2)28-17-14-18-29(25(11-3)12-4)31(28)33-20-19-32(21-33)30-26(22(5)6)15-13-16-27(30)23(7)8/h13-18,21-25H,9-12,19-20H2,1-8H3/q+1. The van der Waals surface area contributed by atoms with Crippen LogP contribution in [-0.4, -0.2) is 24.0 Å². The Kier molecular flexibility index (Phi) is 8.79. The number of nitrogens with zero attached hydrogens (tertiary/aromatic N) is 2. The van der Waals surface area contributed by atoms with E-state index in [1.807, 2.05) is 0 Å². The van der Waals surface area contributed by atoms with Crippen molar-refractivity contribution in [3.63, 3.8) is 0 Å². The monoisotopic (exact) mass is 447 g/mol. The Labute approximate surface area is 203 Å². The first kappa shape index (κ1) is 25.5. The molecule has 1 aliphatic rings. The predicted molar refractivity (Wildman–Crippen MR) is 146 cm³/mol. The molecule has 180 valence electrons. The van der Waals surface area contributed by atoms with E-state index >= 15 is 0 Å². The number of hydrogen-bond acceptors (Lipinski definition) is 1. The molecule has 0 aliphatic carbocycles. The summed E-state index contributed by atoms with van der Waals surface area (Å²) in [6.07, 6.45) is 7.21. The molecule has 2 aromatic carbocycles. The van der Waals surface area contributed by atoms with Gasteiger partial charge in [-0.3, -0.25) is 0 Å². The predicted octanol–water partition coefficient (Wildman–Crippen LogP) is 8.93. The van der Waals surface area contributed by atoms with Crippen molar-refractivity contribution in [3.05, 3.63) is 58.7 Å². The van der Waals surface area contributed by atoms with Crippen LogP contribution in [-0.2, 0) is 0 Å². The second kappa shape index (κ2) is 11.4. The van der Waals surface area contributed by atoms with Crippen molar-refractivity contribution >= 4 is 17.7 Å². The van der Waals surface area contributed by atoms with Crippen LogP contribution in [0.1, 0.15) is 127 Å². The molecule has 0 fully saturated rings. The largest absolute Gasteiger partial charge is 0.244 e. The van der Waals surface area contributed by atoms with Gasteiger partial charge in [-0.25, -0.2) is 9.48 Å². The zero-order valence-electron chi connectivity index (χ0n) is 22.5. The van der Waals surface area contributed by atoms with Crippen molar-refractivity contribution in [1.82, 2.24) is 0 Å². The molecule has 1 heterocycles. The number of para-hydroxylation sites is 2. The summed E-state index contributed by atoms with van der Waals surface area (Å²) in [5.41, 5.74) is 8.96. The lowest BCUT2D eigenvalue weighted by molar-refractivity contribution is -0.425. The first-order chi connectivity index (χ1) is 15.9. The third kappa shape index (κ3) is 5.20. The second-order valence-electron chi connectivity index (χ2n) is 10.4. The summed E-state index contributed by atoms with van der Waals surface area (Å²) < 4.78 is 2.59. The molecule has 2 heteroatoms. The minimum absolute atomic E-state index is 0.512. The number of hydrogen-bond donors (Lipinski definition) is 0. The van der Waals surface area contributed by atoms with Gasteiger partial charge in [0.15, 0.2) is 0 Å². The Morgan fingerprint density at radius 2 is 1.12 bits per heavy atom. The van der Waals surface area contributed by atoms with Crippen LogP contribution in [0.2, 0.25) is 0 Å². The van der Waals surface area contributed by atoms with Crippen LogP contribution in [0.25, 0.3) is 0 Å². The van der Waals surface area contributed by atoms with Gasteiger partial charge in [0.2, 0.25) is 6.34 Å². The quantitative estimate of drug-likeness (QED) is 0.329. The molecule has 0 saturated carbocycles. The van der Waals surface area contributed by atoms with Gasteiger partial charge in [0.05, 0.1) is 0 Å². The van der Waals surface area contributed by atoms with Crippen LogP contribution >= 0.6 is 0 Å². The molecule has 2 nitrogen and oxygen atoms in total. The highest BCUT2D eigenvalue weighted by atomic mass is 15.3. The van der Waals surface area contributed by atoms with Gasteiger partial charge in [0, 0.05) is 22.3 Å². The van der Waals surface area contributed by atoms with E-state index in [1.165, 1.54) is 48.2 Å². The summed E-state index contributed by atoms with van der Waals surface area (Å²) in [7, 11) is 0. The lowest BCUT2D eigenvalue weighted by Gasteiger charge is -2.23. The lowest BCUT2D eigenvalue weighted by atomic mass is 9.85. The molecule has 0 N–H and O–H groups in total. The minimum Gasteiger partial charge on any atom is -0.229 e. The fraction of sp³-hybridized carbons (Fsp3) is 0.581. The highest BCUT2D eigenvalue weighted by Gasteiger charge is 2.32. The third-order valence-corrected chi connectivity index (χ3v) is 7.73. The van der Waals surface area contributed by atoms with Crippen molar-refractivity contribution in [2.45, 2.75) is 105 Å². The Morgan fingerprint density at radius 1 is 0.697 bits per heavy atom. The number of anilines is 1.